The molecule has 2 aliphatic rings. The van der Waals surface area contributed by atoms with Crippen molar-refractivity contribution in [3.63, 3.8) is 0 Å². The van der Waals surface area contributed by atoms with E-state index in [-0.39, 0.29) is 29.8 Å². The molecular formula is C18H26ClFIN3O. The van der Waals surface area contributed by atoms with Crippen LogP contribution in [0, 0.1) is 11.2 Å². The lowest BCUT2D eigenvalue weighted by atomic mass is 9.87. The number of hydrogen-bond donors (Lipinski definition) is 1. The molecule has 0 amide bonds. The van der Waals surface area contributed by atoms with Gasteiger partial charge < -0.3 is 15.0 Å². The Bertz CT molecular complexity index is 608. The zero-order valence-corrected chi connectivity index (χ0v) is 17.6. The minimum absolute atomic E-state index is 0. The summed E-state index contributed by atoms with van der Waals surface area (Å²) in [6, 6.07) is 4.54. The van der Waals surface area contributed by atoms with Gasteiger partial charge in [-0.3, -0.25) is 4.99 Å². The highest BCUT2D eigenvalue weighted by Crippen LogP contribution is 2.38. The molecular weight excluding hydrogens is 456 g/mol. The molecule has 1 unspecified atom stereocenters. The summed E-state index contributed by atoms with van der Waals surface area (Å²) >= 11 is 6.09. The number of halogens is 3. The number of ether oxygens (including phenoxy) is 1. The van der Waals surface area contributed by atoms with Gasteiger partial charge in [-0.1, -0.05) is 17.7 Å². The topological polar surface area (TPSA) is 36.9 Å². The standard InChI is InChI=1S/C18H25ClFN3O.HI/c1-2-21-17(23-9-6-18(12-23)7-10-24-13-18)22-8-5-14-3-4-15(20)11-16(14)19;/h3-4,11H,2,5-10,12-13H2,1H3,(H,21,22);1H. The van der Waals surface area contributed by atoms with E-state index in [2.05, 4.69) is 17.1 Å². The molecule has 2 aliphatic heterocycles. The summed E-state index contributed by atoms with van der Waals surface area (Å²) in [5.41, 5.74) is 1.25. The fourth-order valence-electron chi connectivity index (χ4n) is 3.52. The molecule has 2 fully saturated rings. The Morgan fingerprint density at radius 2 is 2.28 bits per heavy atom. The van der Waals surface area contributed by atoms with Gasteiger partial charge in [0.1, 0.15) is 5.82 Å². The minimum atomic E-state index is -0.304. The van der Waals surface area contributed by atoms with Gasteiger partial charge in [0.2, 0.25) is 0 Å². The van der Waals surface area contributed by atoms with Gasteiger partial charge >= 0.3 is 0 Å². The summed E-state index contributed by atoms with van der Waals surface area (Å²) in [4.78, 5) is 7.08. The van der Waals surface area contributed by atoms with Crippen molar-refractivity contribution in [3.8, 4) is 0 Å². The number of rotatable bonds is 4. The van der Waals surface area contributed by atoms with E-state index >= 15 is 0 Å². The van der Waals surface area contributed by atoms with Crippen molar-refractivity contribution in [1.82, 2.24) is 10.2 Å². The first kappa shape index (κ1) is 20.7. The number of nitrogens with zero attached hydrogens (tertiary/aromatic N) is 2. The van der Waals surface area contributed by atoms with Crippen LogP contribution < -0.4 is 5.32 Å². The van der Waals surface area contributed by atoms with Crippen molar-refractivity contribution in [3.05, 3.63) is 34.6 Å². The van der Waals surface area contributed by atoms with Crippen LogP contribution in [-0.4, -0.2) is 50.3 Å². The Balaban J connectivity index is 0.00000225. The molecule has 1 atom stereocenters. The van der Waals surface area contributed by atoms with Gasteiger partial charge in [0.25, 0.3) is 0 Å². The van der Waals surface area contributed by atoms with E-state index in [0.717, 1.165) is 50.8 Å². The lowest BCUT2D eigenvalue weighted by Crippen LogP contribution is -2.41. The Hall–Kier alpha value is -0.600. The smallest absolute Gasteiger partial charge is 0.193 e. The first-order valence-corrected chi connectivity index (χ1v) is 9.05. The fraction of sp³-hybridized carbons (Fsp3) is 0.611. The van der Waals surface area contributed by atoms with Crippen LogP contribution in [0.1, 0.15) is 25.3 Å². The summed E-state index contributed by atoms with van der Waals surface area (Å²) in [6.45, 7) is 7.34. The molecule has 0 radical (unpaired) electrons. The van der Waals surface area contributed by atoms with E-state index in [1.54, 1.807) is 6.07 Å². The van der Waals surface area contributed by atoms with Gasteiger partial charge in [-0.05, 0) is 43.9 Å². The van der Waals surface area contributed by atoms with E-state index < -0.39 is 0 Å². The van der Waals surface area contributed by atoms with Gasteiger partial charge in [-0.2, -0.15) is 0 Å². The molecule has 1 aromatic carbocycles. The first-order valence-electron chi connectivity index (χ1n) is 8.67. The van der Waals surface area contributed by atoms with Crippen LogP contribution in [0.5, 0.6) is 0 Å². The Morgan fingerprint density at radius 1 is 1.44 bits per heavy atom. The second-order valence-electron chi connectivity index (χ2n) is 6.70. The maximum atomic E-state index is 13.1. The van der Waals surface area contributed by atoms with E-state index in [1.807, 2.05) is 0 Å². The minimum Gasteiger partial charge on any atom is -0.381 e. The second kappa shape index (κ2) is 9.37. The highest BCUT2D eigenvalue weighted by molar-refractivity contribution is 14.0. The van der Waals surface area contributed by atoms with Crippen LogP contribution >= 0.6 is 35.6 Å². The SMILES string of the molecule is CCNC(=NCCc1ccc(F)cc1Cl)N1CCC2(CCOC2)C1.I. The zero-order valence-electron chi connectivity index (χ0n) is 14.6. The third-order valence-corrected chi connectivity index (χ3v) is 5.27. The summed E-state index contributed by atoms with van der Waals surface area (Å²) < 4.78 is 18.7. The Labute approximate surface area is 171 Å². The number of guanidine groups is 1. The van der Waals surface area contributed by atoms with E-state index in [9.17, 15) is 4.39 Å². The van der Waals surface area contributed by atoms with Crippen molar-refractivity contribution < 1.29 is 9.13 Å². The van der Waals surface area contributed by atoms with Crippen LogP contribution in [0.2, 0.25) is 5.02 Å². The van der Waals surface area contributed by atoms with Crippen molar-refractivity contribution in [1.29, 1.82) is 0 Å². The predicted octanol–water partition coefficient (Wildman–Crippen LogP) is 3.72. The number of nitrogens with one attached hydrogen (secondary N) is 1. The quantitative estimate of drug-likeness (QED) is 0.405. The molecule has 0 aromatic heterocycles. The van der Waals surface area contributed by atoms with Crippen LogP contribution in [-0.2, 0) is 11.2 Å². The summed E-state index contributed by atoms with van der Waals surface area (Å²) in [5.74, 6) is 0.654. The van der Waals surface area contributed by atoms with Crippen LogP contribution in [0.3, 0.4) is 0 Å². The molecule has 2 heterocycles. The molecule has 1 aromatic rings. The third-order valence-electron chi connectivity index (χ3n) is 4.92. The molecule has 0 bridgehead atoms. The lowest BCUT2D eigenvalue weighted by Gasteiger charge is -2.25. The van der Waals surface area contributed by atoms with E-state index in [1.165, 1.54) is 18.6 Å². The average molecular weight is 482 g/mol. The monoisotopic (exact) mass is 481 g/mol. The molecule has 4 nitrogen and oxygen atoms in total. The maximum Gasteiger partial charge on any atom is 0.193 e. The molecule has 140 valence electrons. The number of likely N-dealkylation sites (tertiary alicyclic amines) is 1. The molecule has 2 saturated heterocycles. The van der Waals surface area contributed by atoms with Crippen molar-refractivity contribution in [2.75, 3.05) is 39.4 Å². The number of aliphatic imine (C=N–C) groups is 1. The van der Waals surface area contributed by atoms with Crippen LogP contribution in [0.25, 0.3) is 0 Å². The summed E-state index contributed by atoms with van der Waals surface area (Å²) in [7, 11) is 0. The second-order valence-corrected chi connectivity index (χ2v) is 7.10. The highest BCUT2D eigenvalue weighted by atomic mass is 127. The maximum absolute atomic E-state index is 13.1. The molecule has 3 rings (SSSR count). The molecule has 1 N–H and O–H groups in total. The molecule has 0 aliphatic carbocycles. The first-order chi connectivity index (χ1) is 11.6. The number of hydrogen-bond acceptors (Lipinski definition) is 2. The Morgan fingerprint density at radius 3 is 2.96 bits per heavy atom. The predicted molar refractivity (Wildman–Crippen MR) is 111 cm³/mol. The van der Waals surface area contributed by atoms with Gasteiger partial charge in [0, 0.05) is 43.2 Å². The molecule has 1 spiro atoms. The zero-order chi connectivity index (χ0) is 17.0. The van der Waals surface area contributed by atoms with Crippen LogP contribution in [0.4, 0.5) is 4.39 Å². The normalized spacial score (nSPS) is 23.2. The molecule has 7 heteroatoms. The third kappa shape index (κ3) is 5.20. The average Bonchev–Trinajstić information content (AvgIpc) is 3.19. The van der Waals surface area contributed by atoms with Crippen molar-refractivity contribution in [2.24, 2.45) is 10.4 Å². The fourth-order valence-corrected chi connectivity index (χ4v) is 3.78. The highest BCUT2D eigenvalue weighted by Gasteiger charge is 2.42. The van der Waals surface area contributed by atoms with Gasteiger partial charge in [-0.25, -0.2) is 4.39 Å². The van der Waals surface area contributed by atoms with Crippen LogP contribution in [0.15, 0.2) is 23.2 Å². The Kier molecular flexibility index (Phi) is 7.76. The van der Waals surface area contributed by atoms with Gasteiger partial charge in [0.15, 0.2) is 5.96 Å². The molecule has 0 saturated carbocycles. The van der Waals surface area contributed by atoms with E-state index in [4.69, 9.17) is 21.3 Å². The lowest BCUT2D eigenvalue weighted by molar-refractivity contribution is 0.156. The largest absolute Gasteiger partial charge is 0.381 e. The van der Waals surface area contributed by atoms with E-state index in [0.29, 0.717) is 23.4 Å². The van der Waals surface area contributed by atoms with Crippen molar-refractivity contribution >= 4 is 41.5 Å². The van der Waals surface area contributed by atoms with Gasteiger partial charge in [0.05, 0.1) is 6.61 Å². The summed E-state index contributed by atoms with van der Waals surface area (Å²) in [5, 5.41) is 3.85. The van der Waals surface area contributed by atoms with Crippen molar-refractivity contribution in [2.45, 2.75) is 26.2 Å². The molecule has 25 heavy (non-hydrogen) atoms. The number of benzene rings is 1. The summed E-state index contributed by atoms with van der Waals surface area (Å²) in [6.07, 6.45) is 3.02. The van der Waals surface area contributed by atoms with Gasteiger partial charge in [-0.15, -0.1) is 24.0 Å².